The van der Waals surface area contributed by atoms with Gasteiger partial charge in [-0.1, -0.05) is 18.2 Å². The van der Waals surface area contributed by atoms with E-state index in [1.807, 2.05) is 0 Å². The van der Waals surface area contributed by atoms with Gasteiger partial charge in [0.15, 0.2) is 0 Å². The summed E-state index contributed by atoms with van der Waals surface area (Å²) in [5.74, 6) is 0. The first kappa shape index (κ1) is 10.7. The molecule has 1 aliphatic carbocycles. The largest absolute Gasteiger partial charge is 0.382 e. The molecule has 0 saturated heterocycles. The average Bonchev–Trinajstić information content (AvgIpc) is 2.71. The van der Waals surface area contributed by atoms with E-state index in [0.717, 1.165) is 0 Å². The lowest BCUT2D eigenvalue weighted by Gasteiger charge is -2.06. The molecular formula is C13H18O2. The lowest BCUT2D eigenvalue weighted by molar-refractivity contribution is 0.0616. The lowest BCUT2D eigenvalue weighted by atomic mass is 10.1. The van der Waals surface area contributed by atoms with Crippen LogP contribution in [-0.4, -0.2) is 20.3 Å². The number of aryl methyl sites for hydroxylation is 2. The average molecular weight is 206 g/mol. The number of hydrogen-bond donors (Lipinski definition) is 0. The Hall–Kier alpha value is -0.860. The van der Waals surface area contributed by atoms with Crippen molar-refractivity contribution in [3.63, 3.8) is 0 Å². The van der Waals surface area contributed by atoms with E-state index >= 15 is 0 Å². The molecule has 1 aromatic rings. The normalized spacial score (nSPS) is 14.2. The van der Waals surface area contributed by atoms with Crippen LogP contribution in [0.3, 0.4) is 0 Å². The van der Waals surface area contributed by atoms with E-state index < -0.39 is 0 Å². The molecule has 0 N–H and O–H groups in total. The summed E-state index contributed by atoms with van der Waals surface area (Å²) in [7, 11) is 1.69. The molecule has 0 unspecified atom stereocenters. The van der Waals surface area contributed by atoms with Crippen molar-refractivity contribution in [2.24, 2.45) is 0 Å². The minimum Gasteiger partial charge on any atom is -0.382 e. The van der Waals surface area contributed by atoms with Gasteiger partial charge in [-0.15, -0.1) is 0 Å². The Labute approximate surface area is 91.2 Å². The Balaban J connectivity index is 1.87. The minimum absolute atomic E-state index is 0.672. The van der Waals surface area contributed by atoms with Crippen LogP contribution in [0.1, 0.15) is 23.1 Å². The van der Waals surface area contributed by atoms with Gasteiger partial charge in [-0.2, -0.15) is 0 Å². The van der Waals surface area contributed by atoms with Crippen molar-refractivity contribution < 1.29 is 9.47 Å². The van der Waals surface area contributed by atoms with E-state index in [1.54, 1.807) is 7.11 Å². The molecule has 0 radical (unpaired) electrons. The van der Waals surface area contributed by atoms with E-state index in [1.165, 1.54) is 36.0 Å². The summed E-state index contributed by atoms with van der Waals surface area (Å²) in [6.07, 6.45) is 3.80. The first-order valence-corrected chi connectivity index (χ1v) is 5.57. The van der Waals surface area contributed by atoms with Crippen LogP contribution in [0.15, 0.2) is 18.2 Å². The molecule has 2 rings (SSSR count). The zero-order valence-corrected chi connectivity index (χ0v) is 9.29. The SMILES string of the molecule is COCCOCc1ccc2c(c1)CCC2. The maximum atomic E-state index is 5.49. The van der Waals surface area contributed by atoms with Crippen LogP contribution in [0, 0.1) is 0 Å². The smallest absolute Gasteiger partial charge is 0.0718 e. The van der Waals surface area contributed by atoms with Crippen LogP contribution in [0.25, 0.3) is 0 Å². The predicted octanol–water partition coefficient (Wildman–Crippen LogP) is 2.34. The quantitative estimate of drug-likeness (QED) is 0.688. The Morgan fingerprint density at radius 1 is 1.13 bits per heavy atom. The third-order valence-corrected chi connectivity index (χ3v) is 2.86. The van der Waals surface area contributed by atoms with Gasteiger partial charge < -0.3 is 9.47 Å². The van der Waals surface area contributed by atoms with Crippen LogP contribution in [0.2, 0.25) is 0 Å². The molecule has 0 amide bonds. The van der Waals surface area contributed by atoms with Crippen molar-refractivity contribution in [3.8, 4) is 0 Å². The molecule has 1 aliphatic rings. The predicted molar refractivity (Wildman–Crippen MR) is 60.0 cm³/mol. The first-order chi connectivity index (χ1) is 7.40. The maximum absolute atomic E-state index is 5.49. The van der Waals surface area contributed by atoms with Gasteiger partial charge in [0.05, 0.1) is 19.8 Å². The summed E-state index contributed by atoms with van der Waals surface area (Å²) >= 11 is 0. The summed E-state index contributed by atoms with van der Waals surface area (Å²) in [5, 5.41) is 0. The molecule has 1 aromatic carbocycles. The summed E-state index contributed by atoms with van der Waals surface area (Å²) in [4.78, 5) is 0. The highest BCUT2D eigenvalue weighted by Crippen LogP contribution is 2.22. The molecule has 0 saturated carbocycles. The summed E-state index contributed by atoms with van der Waals surface area (Å²) in [5.41, 5.74) is 4.32. The number of hydrogen-bond acceptors (Lipinski definition) is 2. The Morgan fingerprint density at radius 2 is 2.00 bits per heavy atom. The van der Waals surface area contributed by atoms with Crippen molar-refractivity contribution in [2.75, 3.05) is 20.3 Å². The molecule has 2 heteroatoms. The van der Waals surface area contributed by atoms with Crippen molar-refractivity contribution in [1.82, 2.24) is 0 Å². The van der Waals surface area contributed by atoms with E-state index in [0.29, 0.717) is 19.8 Å². The molecular weight excluding hydrogens is 188 g/mol. The van der Waals surface area contributed by atoms with Crippen LogP contribution in [0.4, 0.5) is 0 Å². The molecule has 82 valence electrons. The monoisotopic (exact) mass is 206 g/mol. The first-order valence-electron chi connectivity index (χ1n) is 5.57. The van der Waals surface area contributed by atoms with Gasteiger partial charge in [-0.3, -0.25) is 0 Å². The van der Waals surface area contributed by atoms with Crippen LogP contribution in [-0.2, 0) is 28.9 Å². The van der Waals surface area contributed by atoms with Gasteiger partial charge in [0, 0.05) is 7.11 Å². The summed E-state index contributed by atoms with van der Waals surface area (Å²) in [6, 6.07) is 6.71. The van der Waals surface area contributed by atoms with E-state index in [9.17, 15) is 0 Å². The molecule has 2 nitrogen and oxygen atoms in total. The Kier molecular flexibility index (Phi) is 3.75. The highest BCUT2D eigenvalue weighted by atomic mass is 16.5. The third-order valence-electron chi connectivity index (χ3n) is 2.86. The second-order valence-corrected chi connectivity index (χ2v) is 4.00. The molecule has 15 heavy (non-hydrogen) atoms. The fraction of sp³-hybridized carbons (Fsp3) is 0.538. The molecule has 0 aliphatic heterocycles. The number of rotatable bonds is 5. The molecule has 0 heterocycles. The lowest BCUT2D eigenvalue weighted by Crippen LogP contribution is -2.02. The molecule has 0 atom stereocenters. The van der Waals surface area contributed by atoms with Gasteiger partial charge in [0.1, 0.15) is 0 Å². The number of benzene rings is 1. The van der Waals surface area contributed by atoms with Crippen molar-refractivity contribution in [3.05, 3.63) is 34.9 Å². The topological polar surface area (TPSA) is 18.5 Å². The van der Waals surface area contributed by atoms with E-state index in [4.69, 9.17) is 9.47 Å². The van der Waals surface area contributed by atoms with Crippen LogP contribution in [0.5, 0.6) is 0 Å². The van der Waals surface area contributed by atoms with Gasteiger partial charge in [-0.25, -0.2) is 0 Å². The van der Waals surface area contributed by atoms with Crippen LogP contribution < -0.4 is 0 Å². The maximum Gasteiger partial charge on any atom is 0.0718 e. The van der Waals surface area contributed by atoms with Crippen LogP contribution >= 0.6 is 0 Å². The fourth-order valence-electron chi connectivity index (χ4n) is 2.05. The second-order valence-electron chi connectivity index (χ2n) is 4.00. The van der Waals surface area contributed by atoms with E-state index in [-0.39, 0.29) is 0 Å². The van der Waals surface area contributed by atoms with Gasteiger partial charge in [-0.05, 0) is 36.0 Å². The molecule has 0 aromatic heterocycles. The number of fused-ring (bicyclic) bond motifs is 1. The fourth-order valence-corrected chi connectivity index (χ4v) is 2.05. The van der Waals surface area contributed by atoms with Gasteiger partial charge in [0.2, 0.25) is 0 Å². The second kappa shape index (κ2) is 5.29. The highest BCUT2D eigenvalue weighted by Gasteiger charge is 2.10. The van der Waals surface area contributed by atoms with Crippen molar-refractivity contribution in [1.29, 1.82) is 0 Å². The minimum atomic E-state index is 0.672. The molecule has 0 spiro atoms. The zero-order valence-electron chi connectivity index (χ0n) is 9.29. The molecule has 0 bridgehead atoms. The zero-order chi connectivity index (χ0) is 10.5. The third kappa shape index (κ3) is 2.80. The van der Waals surface area contributed by atoms with E-state index in [2.05, 4.69) is 18.2 Å². The molecule has 0 fully saturated rings. The standard InChI is InChI=1S/C13H18O2/c1-14-7-8-15-10-11-5-6-12-3-2-4-13(12)9-11/h5-6,9H,2-4,7-8,10H2,1H3. The summed E-state index contributed by atoms with van der Waals surface area (Å²) in [6.45, 7) is 2.05. The van der Waals surface area contributed by atoms with Gasteiger partial charge in [0.25, 0.3) is 0 Å². The number of ether oxygens (including phenoxy) is 2. The highest BCUT2D eigenvalue weighted by molar-refractivity contribution is 5.34. The van der Waals surface area contributed by atoms with Crippen molar-refractivity contribution in [2.45, 2.75) is 25.9 Å². The van der Waals surface area contributed by atoms with Crippen molar-refractivity contribution >= 4 is 0 Å². The number of methoxy groups -OCH3 is 1. The Morgan fingerprint density at radius 3 is 2.87 bits per heavy atom. The summed E-state index contributed by atoms with van der Waals surface area (Å²) < 4.78 is 10.4. The Bertz CT molecular complexity index is 320. The van der Waals surface area contributed by atoms with Gasteiger partial charge >= 0.3 is 0 Å².